The molecule has 0 saturated heterocycles. The summed E-state index contributed by atoms with van der Waals surface area (Å²) in [6.45, 7) is 3.75. The lowest BCUT2D eigenvalue weighted by molar-refractivity contribution is 0.252. The minimum Gasteiger partial charge on any atom is -0.395 e. The molecule has 0 spiro atoms. The summed E-state index contributed by atoms with van der Waals surface area (Å²) < 4.78 is 0. The standard InChI is InChI=1S/C12H16N2O/c1-10-13-12(9-14(10)7-8-15)11-5-3-2-4-6-11/h2-6,12,15H,7-9H2,1H3. The molecule has 0 aliphatic carbocycles. The van der Waals surface area contributed by atoms with Crippen LogP contribution in [0.3, 0.4) is 0 Å². The van der Waals surface area contributed by atoms with Gasteiger partial charge >= 0.3 is 0 Å². The van der Waals surface area contributed by atoms with Crippen LogP contribution in [0, 0.1) is 0 Å². The van der Waals surface area contributed by atoms with E-state index in [4.69, 9.17) is 5.11 Å². The Morgan fingerprint density at radius 2 is 2.13 bits per heavy atom. The average Bonchev–Trinajstić information content (AvgIpc) is 2.63. The Kier molecular flexibility index (Phi) is 3.02. The highest BCUT2D eigenvalue weighted by Gasteiger charge is 2.22. The summed E-state index contributed by atoms with van der Waals surface area (Å²) in [7, 11) is 0. The normalized spacial score (nSPS) is 20.5. The Bertz CT molecular complexity index is 348. The van der Waals surface area contributed by atoms with Gasteiger partial charge in [0.25, 0.3) is 0 Å². The van der Waals surface area contributed by atoms with Crippen molar-refractivity contribution >= 4 is 5.84 Å². The molecule has 1 atom stereocenters. The maximum Gasteiger partial charge on any atom is 0.0967 e. The van der Waals surface area contributed by atoms with Crippen molar-refractivity contribution in [1.29, 1.82) is 0 Å². The monoisotopic (exact) mass is 204 g/mol. The van der Waals surface area contributed by atoms with Gasteiger partial charge < -0.3 is 10.0 Å². The van der Waals surface area contributed by atoms with Crippen molar-refractivity contribution in [3.8, 4) is 0 Å². The van der Waals surface area contributed by atoms with Crippen molar-refractivity contribution in [2.45, 2.75) is 13.0 Å². The van der Waals surface area contributed by atoms with Crippen molar-refractivity contribution in [1.82, 2.24) is 4.90 Å². The highest BCUT2D eigenvalue weighted by molar-refractivity contribution is 5.81. The number of aliphatic hydroxyl groups is 1. The molecule has 0 fully saturated rings. The zero-order valence-electron chi connectivity index (χ0n) is 8.93. The number of aliphatic hydroxyl groups excluding tert-OH is 1. The zero-order valence-corrected chi connectivity index (χ0v) is 8.93. The molecule has 0 bridgehead atoms. The summed E-state index contributed by atoms with van der Waals surface area (Å²) in [5, 5.41) is 8.90. The third-order valence-corrected chi connectivity index (χ3v) is 2.75. The van der Waals surface area contributed by atoms with Crippen LogP contribution in [-0.2, 0) is 0 Å². The summed E-state index contributed by atoms with van der Waals surface area (Å²) in [6, 6.07) is 10.5. The van der Waals surface area contributed by atoms with Gasteiger partial charge in [-0.25, -0.2) is 0 Å². The van der Waals surface area contributed by atoms with Gasteiger partial charge in [0.15, 0.2) is 0 Å². The van der Waals surface area contributed by atoms with Gasteiger partial charge in [0.2, 0.25) is 0 Å². The van der Waals surface area contributed by atoms with Crippen molar-refractivity contribution in [2.24, 2.45) is 4.99 Å². The lowest BCUT2D eigenvalue weighted by Crippen LogP contribution is -2.29. The Hall–Kier alpha value is -1.35. The van der Waals surface area contributed by atoms with Crippen LogP contribution in [0.2, 0.25) is 0 Å². The number of aliphatic imine (C=N–C) groups is 1. The lowest BCUT2D eigenvalue weighted by atomic mass is 10.1. The van der Waals surface area contributed by atoms with E-state index >= 15 is 0 Å². The average molecular weight is 204 g/mol. The maximum absolute atomic E-state index is 8.90. The Labute approximate surface area is 90.1 Å². The molecule has 1 aliphatic rings. The number of β-amino-alcohol motifs (C(OH)–C–C–N with tert-alkyl or cyclic N) is 1. The predicted octanol–water partition coefficient (Wildman–Crippen LogP) is 1.45. The van der Waals surface area contributed by atoms with Gasteiger partial charge in [0, 0.05) is 13.1 Å². The molecule has 1 unspecified atom stereocenters. The second-order valence-electron chi connectivity index (χ2n) is 3.77. The third-order valence-electron chi connectivity index (χ3n) is 2.75. The smallest absolute Gasteiger partial charge is 0.0967 e. The molecule has 1 aliphatic heterocycles. The van der Waals surface area contributed by atoms with Gasteiger partial charge in [-0.15, -0.1) is 0 Å². The second-order valence-corrected chi connectivity index (χ2v) is 3.77. The van der Waals surface area contributed by atoms with Gasteiger partial charge in [-0.2, -0.15) is 0 Å². The molecule has 2 rings (SSSR count). The van der Waals surface area contributed by atoms with E-state index in [9.17, 15) is 0 Å². The summed E-state index contributed by atoms with van der Waals surface area (Å²) in [5.41, 5.74) is 1.25. The van der Waals surface area contributed by atoms with E-state index in [2.05, 4.69) is 22.0 Å². The minimum atomic E-state index is 0.189. The Morgan fingerprint density at radius 1 is 1.40 bits per heavy atom. The highest BCUT2D eigenvalue weighted by atomic mass is 16.3. The molecule has 0 aromatic heterocycles. The van der Waals surface area contributed by atoms with E-state index in [1.807, 2.05) is 25.1 Å². The van der Waals surface area contributed by atoms with Crippen LogP contribution >= 0.6 is 0 Å². The van der Waals surface area contributed by atoms with Gasteiger partial charge in [-0.3, -0.25) is 4.99 Å². The number of rotatable bonds is 3. The second kappa shape index (κ2) is 4.45. The van der Waals surface area contributed by atoms with Crippen LogP contribution in [0.5, 0.6) is 0 Å². The first-order chi connectivity index (χ1) is 7.31. The lowest BCUT2D eigenvalue weighted by Gasteiger charge is -2.17. The molecule has 3 nitrogen and oxygen atoms in total. The zero-order chi connectivity index (χ0) is 10.7. The Morgan fingerprint density at radius 3 is 2.80 bits per heavy atom. The number of hydrogen-bond acceptors (Lipinski definition) is 3. The van der Waals surface area contributed by atoms with Crippen molar-refractivity contribution in [2.75, 3.05) is 19.7 Å². The first-order valence-electron chi connectivity index (χ1n) is 5.26. The molecule has 1 N–H and O–H groups in total. The van der Waals surface area contributed by atoms with Crippen LogP contribution in [-0.4, -0.2) is 35.5 Å². The van der Waals surface area contributed by atoms with Gasteiger partial charge in [-0.1, -0.05) is 30.3 Å². The number of benzene rings is 1. The van der Waals surface area contributed by atoms with Crippen molar-refractivity contribution in [3.63, 3.8) is 0 Å². The van der Waals surface area contributed by atoms with Gasteiger partial charge in [-0.05, 0) is 12.5 Å². The summed E-state index contributed by atoms with van der Waals surface area (Å²) in [5.74, 6) is 1.03. The fourth-order valence-corrected chi connectivity index (χ4v) is 1.92. The quantitative estimate of drug-likeness (QED) is 0.809. The van der Waals surface area contributed by atoms with E-state index in [1.54, 1.807) is 0 Å². The Balaban J connectivity index is 2.10. The first kappa shape index (κ1) is 10.2. The van der Waals surface area contributed by atoms with Crippen molar-refractivity contribution < 1.29 is 5.11 Å². The molecule has 1 aromatic rings. The first-order valence-corrected chi connectivity index (χ1v) is 5.26. The van der Waals surface area contributed by atoms with Crippen LogP contribution < -0.4 is 0 Å². The number of amidine groups is 1. The maximum atomic E-state index is 8.90. The third kappa shape index (κ3) is 2.18. The summed E-state index contributed by atoms with van der Waals surface area (Å²) in [4.78, 5) is 6.71. The van der Waals surface area contributed by atoms with E-state index in [-0.39, 0.29) is 12.6 Å². The van der Waals surface area contributed by atoms with E-state index in [1.165, 1.54) is 5.56 Å². The fraction of sp³-hybridized carbons (Fsp3) is 0.417. The summed E-state index contributed by atoms with van der Waals surface area (Å²) >= 11 is 0. The molecule has 80 valence electrons. The molecule has 3 heteroatoms. The highest BCUT2D eigenvalue weighted by Crippen LogP contribution is 2.24. The van der Waals surface area contributed by atoms with Crippen molar-refractivity contribution in [3.05, 3.63) is 35.9 Å². The van der Waals surface area contributed by atoms with E-state index < -0.39 is 0 Å². The molecule has 1 heterocycles. The van der Waals surface area contributed by atoms with E-state index in [0.29, 0.717) is 6.54 Å². The van der Waals surface area contributed by atoms with E-state index in [0.717, 1.165) is 12.4 Å². The molecular weight excluding hydrogens is 188 g/mol. The molecule has 15 heavy (non-hydrogen) atoms. The molecule has 0 saturated carbocycles. The fourth-order valence-electron chi connectivity index (χ4n) is 1.92. The molecule has 1 aromatic carbocycles. The largest absolute Gasteiger partial charge is 0.395 e. The van der Waals surface area contributed by atoms with Gasteiger partial charge in [0.05, 0.1) is 18.5 Å². The number of hydrogen-bond donors (Lipinski definition) is 1. The minimum absolute atomic E-state index is 0.189. The molecule has 0 amide bonds. The van der Waals surface area contributed by atoms with Gasteiger partial charge in [0.1, 0.15) is 0 Å². The van der Waals surface area contributed by atoms with Crippen LogP contribution in [0.4, 0.5) is 0 Å². The van der Waals surface area contributed by atoms with Crippen LogP contribution in [0.15, 0.2) is 35.3 Å². The SMILES string of the molecule is CC1=NC(c2ccccc2)CN1CCO. The van der Waals surface area contributed by atoms with Crippen LogP contribution in [0.25, 0.3) is 0 Å². The number of nitrogens with zero attached hydrogens (tertiary/aromatic N) is 2. The predicted molar refractivity (Wildman–Crippen MR) is 61.0 cm³/mol. The topological polar surface area (TPSA) is 35.8 Å². The van der Waals surface area contributed by atoms with Crippen LogP contribution in [0.1, 0.15) is 18.5 Å². The summed E-state index contributed by atoms with van der Waals surface area (Å²) in [6.07, 6.45) is 0. The molecular formula is C12H16N2O. The molecule has 0 radical (unpaired) electrons.